The minimum atomic E-state index is 0.314. The van der Waals surface area contributed by atoms with E-state index in [0.717, 1.165) is 30.0 Å². The van der Waals surface area contributed by atoms with Gasteiger partial charge in [-0.3, -0.25) is 0 Å². The number of hydrogen-bond donors (Lipinski definition) is 0. The van der Waals surface area contributed by atoms with Gasteiger partial charge in [-0.25, -0.2) is 0 Å². The molecule has 0 saturated carbocycles. The summed E-state index contributed by atoms with van der Waals surface area (Å²) in [5.41, 5.74) is 5.84. The minimum Gasteiger partial charge on any atom is -0.196 e. The Morgan fingerprint density at radius 1 is 1.05 bits per heavy atom. The van der Waals surface area contributed by atoms with Gasteiger partial charge < -0.3 is 0 Å². The Labute approximate surface area is 117 Å². The molecule has 0 amide bonds. The summed E-state index contributed by atoms with van der Waals surface area (Å²) in [6.07, 6.45) is 2.10. The molecular weight excluding hydrogens is 248 g/mol. The second-order valence-electron chi connectivity index (χ2n) is 5.66. The molecule has 4 heteroatoms. The predicted molar refractivity (Wildman–Crippen MR) is 77.7 cm³/mol. The van der Waals surface area contributed by atoms with Crippen molar-refractivity contribution in [2.75, 3.05) is 0 Å². The van der Waals surface area contributed by atoms with Gasteiger partial charge in [0, 0.05) is 11.5 Å². The summed E-state index contributed by atoms with van der Waals surface area (Å²) in [6.45, 7) is 4.23. The second kappa shape index (κ2) is 4.13. The van der Waals surface area contributed by atoms with E-state index in [2.05, 4.69) is 54.4 Å². The Balaban J connectivity index is 2.02. The van der Waals surface area contributed by atoms with Crippen LogP contribution in [0.2, 0.25) is 0 Å². The average Bonchev–Trinajstić information content (AvgIpc) is 2.88. The SMILES string of the molecule is CC(C)c1nnc2cc3c(nn12)-c1ccccc1CC3. The van der Waals surface area contributed by atoms with E-state index in [1.165, 1.54) is 16.7 Å². The van der Waals surface area contributed by atoms with E-state index in [1.54, 1.807) is 0 Å². The van der Waals surface area contributed by atoms with E-state index in [9.17, 15) is 0 Å². The lowest BCUT2D eigenvalue weighted by Gasteiger charge is -2.18. The maximum absolute atomic E-state index is 4.83. The lowest BCUT2D eigenvalue weighted by molar-refractivity contribution is 0.718. The van der Waals surface area contributed by atoms with Crippen LogP contribution >= 0.6 is 0 Å². The van der Waals surface area contributed by atoms with Gasteiger partial charge in [0.1, 0.15) is 0 Å². The third-order valence-electron chi connectivity index (χ3n) is 3.95. The molecule has 0 N–H and O–H groups in total. The molecule has 2 heterocycles. The van der Waals surface area contributed by atoms with Crippen LogP contribution in [0.1, 0.15) is 36.7 Å². The molecular formula is C16H16N4. The van der Waals surface area contributed by atoms with Crippen molar-refractivity contribution in [3.05, 3.63) is 47.3 Å². The first-order chi connectivity index (χ1) is 9.74. The van der Waals surface area contributed by atoms with E-state index in [4.69, 9.17) is 5.10 Å². The van der Waals surface area contributed by atoms with Crippen LogP contribution in [0, 0.1) is 0 Å². The fourth-order valence-electron chi connectivity index (χ4n) is 2.90. The number of aryl methyl sites for hydroxylation is 2. The van der Waals surface area contributed by atoms with Crippen molar-refractivity contribution < 1.29 is 0 Å². The van der Waals surface area contributed by atoms with E-state index < -0.39 is 0 Å². The zero-order valence-electron chi connectivity index (χ0n) is 11.7. The number of fused-ring (bicyclic) bond motifs is 4. The van der Waals surface area contributed by atoms with Crippen molar-refractivity contribution in [2.24, 2.45) is 0 Å². The topological polar surface area (TPSA) is 43.1 Å². The Bertz CT molecular complexity index is 801. The van der Waals surface area contributed by atoms with Crippen molar-refractivity contribution >= 4 is 5.65 Å². The molecule has 0 saturated heterocycles. The first-order valence-electron chi connectivity index (χ1n) is 7.07. The average molecular weight is 264 g/mol. The molecule has 1 aromatic carbocycles. The second-order valence-corrected chi connectivity index (χ2v) is 5.66. The lowest BCUT2D eigenvalue weighted by atomic mass is 9.89. The lowest BCUT2D eigenvalue weighted by Crippen LogP contribution is -2.10. The third-order valence-corrected chi connectivity index (χ3v) is 3.95. The van der Waals surface area contributed by atoms with Crippen molar-refractivity contribution in [2.45, 2.75) is 32.6 Å². The predicted octanol–water partition coefficient (Wildman–Crippen LogP) is 3.01. The summed E-state index contributed by atoms with van der Waals surface area (Å²) >= 11 is 0. The maximum atomic E-state index is 4.83. The molecule has 0 spiro atoms. The Hall–Kier alpha value is -2.23. The van der Waals surface area contributed by atoms with Crippen LogP contribution in [-0.2, 0) is 12.8 Å². The van der Waals surface area contributed by atoms with Crippen LogP contribution in [0.15, 0.2) is 30.3 Å². The monoisotopic (exact) mass is 264 g/mol. The van der Waals surface area contributed by atoms with Crippen LogP contribution in [0.5, 0.6) is 0 Å². The molecule has 1 aliphatic carbocycles. The highest BCUT2D eigenvalue weighted by Gasteiger charge is 2.20. The standard InChI is InChI=1S/C16H16N4/c1-10(2)16-18-17-14-9-12-8-7-11-5-3-4-6-13(11)15(12)19-20(14)16/h3-6,9-10H,7-8H2,1-2H3. The van der Waals surface area contributed by atoms with Crippen molar-refractivity contribution in [1.29, 1.82) is 0 Å². The normalized spacial score (nSPS) is 13.6. The number of benzene rings is 1. The third kappa shape index (κ3) is 1.57. The van der Waals surface area contributed by atoms with E-state index >= 15 is 0 Å². The van der Waals surface area contributed by atoms with Crippen molar-refractivity contribution in [1.82, 2.24) is 19.8 Å². The van der Waals surface area contributed by atoms with Crippen molar-refractivity contribution in [3.63, 3.8) is 0 Å². The molecule has 4 rings (SSSR count). The molecule has 0 aliphatic heterocycles. The zero-order valence-corrected chi connectivity index (χ0v) is 11.7. The van der Waals surface area contributed by atoms with Gasteiger partial charge in [0.25, 0.3) is 0 Å². The summed E-state index contributed by atoms with van der Waals surface area (Å²) in [7, 11) is 0. The quantitative estimate of drug-likeness (QED) is 0.678. The molecule has 20 heavy (non-hydrogen) atoms. The molecule has 3 aromatic rings. The minimum absolute atomic E-state index is 0.314. The van der Waals surface area contributed by atoms with Gasteiger partial charge in [-0.2, -0.15) is 9.61 Å². The van der Waals surface area contributed by atoms with Crippen LogP contribution in [0.3, 0.4) is 0 Å². The zero-order chi connectivity index (χ0) is 13.7. The fraction of sp³-hybridized carbons (Fsp3) is 0.312. The molecule has 0 radical (unpaired) electrons. The van der Waals surface area contributed by atoms with Crippen molar-refractivity contribution in [3.8, 4) is 11.3 Å². The largest absolute Gasteiger partial charge is 0.196 e. The van der Waals surface area contributed by atoms with Gasteiger partial charge in [-0.1, -0.05) is 38.1 Å². The maximum Gasteiger partial charge on any atom is 0.178 e. The summed E-state index contributed by atoms with van der Waals surface area (Å²) < 4.78 is 1.89. The van der Waals surface area contributed by atoms with Crippen LogP contribution in [0.25, 0.3) is 16.9 Å². The highest BCUT2D eigenvalue weighted by atomic mass is 15.4. The molecule has 100 valence electrons. The number of nitrogens with zero attached hydrogens (tertiary/aromatic N) is 4. The van der Waals surface area contributed by atoms with E-state index in [1.807, 2.05) is 4.52 Å². The van der Waals surface area contributed by atoms with Crippen LogP contribution in [-0.4, -0.2) is 19.8 Å². The Morgan fingerprint density at radius 2 is 1.85 bits per heavy atom. The molecule has 0 bridgehead atoms. The molecule has 2 aromatic heterocycles. The van der Waals surface area contributed by atoms with Crippen LogP contribution < -0.4 is 0 Å². The smallest absolute Gasteiger partial charge is 0.178 e. The summed E-state index contributed by atoms with van der Waals surface area (Å²) in [5, 5.41) is 13.4. The van der Waals surface area contributed by atoms with Gasteiger partial charge in [-0.05, 0) is 30.0 Å². The van der Waals surface area contributed by atoms with Gasteiger partial charge in [0.05, 0.1) is 5.69 Å². The number of hydrogen-bond acceptors (Lipinski definition) is 3. The van der Waals surface area contributed by atoms with Gasteiger partial charge in [0.15, 0.2) is 11.5 Å². The van der Waals surface area contributed by atoms with E-state index in [-0.39, 0.29) is 0 Å². The molecule has 0 unspecified atom stereocenters. The fourth-order valence-corrected chi connectivity index (χ4v) is 2.90. The molecule has 0 atom stereocenters. The number of rotatable bonds is 1. The molecule has 4 nitrogen and oxygen atoms in total. The highest BCUT2D eigenvalue weighted by molar-refractivity contribution is 5.70. The van der Waals surface area contributed by atoms with Gasteiger partial charge in [-0.15, -0.1) is 10.2 Å². The highest BCUT2D eigenvalue weighted by Crippen LogP contribution is 2.32. The van der Waals surface area contributed by atoms with E-state index in [0.29, 0.717) is 5.92 Å². The van der Waals surface area contributed by atoms with Crippen LogP contribution in [0.4, 0.5) is 0 Å². The summed E-state index contributed by atoms with van der Waals surface area (Å²) in [5.74, 6) is 1.24. The first kappa shape index (κ1) is 11.6. The molecule has 0 fully saturated rings. The molecule has 1 aliphatic rings. The van der Waals surface area contributed by atoms with Gasteiger partial charge >= 0.3 is 0 Å². The summed E-state index contributed by atoms with van der Waals surface area (Å²) in [6, 6.07) is 10.7. The first-order valence-corrected chi connectivity index (χ1v) is 7.07. The Kier molecular flexibility index (Phi) is 2.39. The Morgan fingerprint density at radius 3 is 2.70 bits per heavy atom. The number of aromatic nitrogens is 4. The van der Waals surface area contributed by atoms with Gasteiger partial charge in [0.2, 0.25) is 0 Å². The summed E-state index contributed by atoms with van der Waals surface area (Å²) in [4.78, 5) is 0.